The third-order valence-electron chi connectivity index (χ3n) is 1.57. The monoisotopic (exact) mass is 208 g/mol. The van der Waals surface area contributed by atoms with Gasteiger partial charge in [-0.15, -0.1) is 0 Å². The van der Waals surface area contributed by atoms with Gasteiger partial charge < -0.3 is 10.1 Å². The van der Waals surface area contributed by atoms with Crippen LogP contribution in [0.1, 0.15) is 13.8 Å². The zero-order valence-corrected chi connectivity index (χ0v) is 9.26. The van der Waals surface area contributed by atoms with Crippen LogP contribution in [0, 0.1) is 0 Å². The summed E-state index contributed by atoms with van der Waals surface area (Å²) >= 11 is 5.69. The van der Waals surface area contributed by atoms with Crippen LogP contribution in [0.25, 0.3) is 0 Å². The number of nitrogens with one attached hydrogen (secondary N) is 1. The smallest absolute Gasteiger partial charge is 0.240 e. The van der Waals surface area contributed by atoms with Gasteiger partial charge in [0.2, 0.25) is 5.91 Å². The van der Waals surface area contributed by atoms with Gasteiger partial charge in [0.15, 0.2) is 0 Å². The summed E-state index contributed by atoms with van der Waals surface area (Å²) in [6.45, 7) is 4.13. The highest BCUT2D eigenvalue weighted by Gasteiger charge is 2.21. The van der Waals surface area contributed by atoms with Crippen LogP contribution in [-0.4, -0.2) is 43.2 Å². The first-order valence-electron chi connectivity index (χ1n) is 4.20. The fourth-order valence-electron chi connectivity index (χ4n) is 0.790. The molecular weight excluding hydrogens is 192 g/mol. The lowest BCUT2D eigenvalue weighted by Crippen LogP contribution is -2.43. The molecule has 0 aliphatic rings. The maximum atomic E-state index is 11.2. The fraction of sp³-hybridized carbons (Fsp3) is 0.875. The highest BCUT2D eigenvalue weighted by molar-refractivity contribution is 6.14. The van der Waals surface area contributed by atoms with Gasteiger partial charge in [0.05, 0.1) is 12.7 Å². The Morgan fingerprint density at radius 3 is 2.46 bits per heavy atom. The number of rotatable bonds is 5. The van der Waals surface area contributed by atoms with E-state index < -0.39 is 6.04 Å². The summed E-state index contributed by atoms with van der Waals surface area (Å²) in [4.78, 5) is 11.2. The molecule has 13 heavy (non-hydrogen) atoms. The van der Waals surface area contributed by atoms with Crippen molar-refractivity contribution in [1.82, 2.24) is 9.74 Å². The summed E-state index contributed by atoms with van der Waals surface area (Å²) in [5.41, 5.74) is 0. The van der Waals surface area contributed by atoms with Crippen LogP contribution in [0.5, 0.6) is 0 Å². The Bertz CT molecular complexity index is 162. The van der Waals surface area contributed by atoms with Crippen molar-refractivity contribution < 1.29 is 9.53 Å². The van der Waals surface area contributed by atoms with E-state index in [2.05, 4.69) is 5.32 Å². The van der Waals surface area contributed by atoms with Gasteiger partial charge in [-0.1, -0.05) is 0 Å². The zero-order valence-electron chi connectivity index (χ0n) is 8.50. The van der Waals surface area contributed by atoms with E-state index in [1.54, 1.807) is 14.1 Å². The van der Waals surface area contributed by atoms with E-state index in [1.165, 1.54) is 4.42 Å². The number of carbonyl (C=O) groups excluding carboxylic acids is 1. The van der Waals surface area contributed by atoms with E-state index in [0.717, 1.165) is 0 Å². The Hall–Kier alpha value is -0.320. The number of nitrogens with zero attached hydrogens (tertiary/aromatic N) is 1. The molecule has 1 atom stereocenters. The third-order valence-corrected chi connectivity index (χ3v) is 1.80. The van der Waals surface area contributed by atoms with Gasteiger partial charge in [-0.3, -0.25) is 4.79 Å². The summed E-state index contributed by atoms with van der Waals surface area (Å²) in [5.74, 6) is -0.141. The SMILES string of the molecule is CNC(=O)[C@H](COC(C)C)N(C)Cl. The minimum absolute atomic E-state index is 0.101. The van der Waals surface area contributed by atoms with E-state index in [9.17, 15) is 4.79 Å². The van der Waals surface area contributed by atoms with Crippen molar-refractivity contribution in [2.75, 3.05) is 20.7 Å². The van der Waals surface area contributed by atoms with Crippen LogP contribution >= 0.6 is 11.8 Å². The lowest BCUT2D eigenvalue weighted by atomic mass is 10.3. The van der Waals surface area contributed by atoms with Gasteiger partial charge in [0.1, 0.15) is 6.04 Å². The zero-order chi connectivity index (χ0) is 10.4. The molecule has 0 aromatic carbocycles. The van der Waals surface area contributed by atoms with Crippen molar-refractivity contribution in [2.24, 2.45) is 0 Å². The largest absolute Gasteiger partial charge is 0.377 e. The van der Waals surface area contributed by atoms with Crippen molar-refractivity contribution in [2.45, 2.75) is 26.0 Å². The summed E-state index contributed by atoms with van der Waals surface area (Å²) in [6, 6.07) is -0.436. The number of carbonyl (C=O) groups is 1. The molecule has 0 saturated carbocycles. The van der Waals surface area contributed by atoms with Crippen molar-refractivity contribution in [1.29, 1.82) is 0 Å². The molecule has 0 bridgehead atoms. The summed E-state index contributed by atoms with van der Waals surface area (Å²) in [7, 11) is 3.20. The second-order valence-electron chi connectivity index (χ2n) is 3.04. The van der Waals surface area contributed by atoms with Gasteiger partial charge in [0, 0.05) is 14.1 Å². The number of likely N-dealkylation sites (N-methyl/N-ethyl adjacent to an activating group) is 2. The maximum absolute atomic E-state index is 11.2. The molecule has 1 amide bonds. The van der Waals surface area contributed by atoms with Crippen molar-refractivity contribution in [3.63, 3.8) is 0 Å². The van der Waals surface area contributed by atoms with Gasteiger partial charge in [-0.05, 0) is 25.6 Å². The second-order valence-corrected chi connectivity index (χ2v) is 3.57. The van der Waals surface area contributed by atoms with E-state index in [4.69, 9.17) is 16.5 Å². The normalized spacial score (nSPS) is 13.5. The Labute approximate surface area is 84.3 Å². The van der Waals surface area contributed by atoms with E-state index in [0.29, 0.717) is 6.61 Å². The average molecular weight is 209 g/mol. The number of hydrogen-bond acceptors (Lipinski definition) is 3. The van der Waals surface area contributed by atoms with Crippen molar-refractivity contribution in [3.05, 3.63) is 0 Å². The van der Waals surface area contributed by atoms with E-state index >= 15 is 0 Å². The molecule has 0 aromatic heterocycles. The average Bonchev–Trinajstić information content (AvgIpc) is 2.03. The van der Waals surface area contributed by atoms with Gasteiger partial charge in [0.25, 0.3) is 0 Å². The van der Waals surface area contributed by atoms with Crippen LogP contribution in [-0.2, 0) is 9.53 Å². The molecule has 0 spiro atoms. The highest BCUT2D eigenvalue weighted by atomic mass is 35.5. The molecule has 1 N–H and O–H groups in total. The Morgan fingerprint density at radius 2 is 2.15 bits per heavy atom. The quantitative estimate of drug-likeness (QED) is 0.674. The molecule has 0 radical (unpaired) electrons. The Kier molecular flexibility index (Phi) is 6.03. The first kappa shape index (κ1) is 12.7. The fourth-order valence-corrected chi connectivity index (χ4v) is 0.935. The van der Waals surface area contributed by atoms with Crippen LogP contribution < -0.4 is 5.32 Å². The summed E-state index contributed by atoms with van der Waals surface area (Å²) < 4.78 is 6.62. The minimum atomic E-state index is -0.436. The Balaban J connectivity index is 4.03. The van der Waals surface area contributed by atoms with Crippen LogP contribution in [0.2, 0.25) is 0 Å². The number of halogens is 1. The van der Waals surface area contributed by atoms with Gasteiger partial charge in [-0.25, -0.2) is 4.42 Å². The number of hydrogen-bond donors (Lipinski definition) is 1. The van der Waals surface area contributed by atoms with Crippen LogP contribution in [0.4, 0.5) is 0 Å². The molecule has 4 nitrogen and oxygen atoms in total. The topological polar surface area (TPSA) is 41.6 Å². The van der Waals surface area contributed by atoms with Crippen LogP contribution in [0.15, 0.2) is 0 Å². The van der Waals surface area contributed by atoms with Crippen LogP contribution in [0.3, 0.4) is 0 Å². The molecule has 0 saturated heterocycles. The molecule has 0 fully saturated rings. The number of amides is 1. The van der Waals surface area contributed by atoms with E-state index in [-0.39, 0.29) is 12.0 Å². The van der Waals surface area contributed by atoms with Crippen molar-refractivity contribution >= 4 is 17.7 Å². The predicted octanol–water partition coefficient (Wildman–Crippen LogP) is 0.612. The predicted molar refractivity (Wildman–Crippen MR) is 52.6 cm³/mol. The lowest BCUT2D eigenvalue weighted by molar-refractivity contribution is -0.126. The molecule has 0 aliphatic carbocycles. The molecular formula is C8H17ClN2O2. The lowest BCUT2D eigenvalue weighted by Gasteiger charge is -2.21. The van der Waals surface area contributed by atoms with Gasteiger partial charge in [-0.2, -0.15) is 0 Å². The second kappa shape index (κ2) is 6.18. The maximum Gasteiger partial charge on any atom is 0.240 e. The first-order chi connectivity index (χ1) is 5.99. The molecule has 5 heteroatoms. The summed E-state index contributed by atoms with van der Waals surface area (Å²) in [5, 5.41) is 2.53. The van der Waals surface area contributed by atoms with Gasteiger partial charge >= 0.3 is 0 Å². The van der Waals surface area contributed by atoms with Crippen molar-refractivity contribution in [3.8, 4) is 0 Å². The third kappa shape index (κ3) is 5.08. The molecule has 0 heterocycles. The Morgan fingerprint density at radius 1 is 1.62 bits per heavy atom. The standard InChI is InChI=1S/C8H17ClN2O2/c1-6(2)13-5-7(11(4)9)8(12)10-3/h6-7H,5H2,1-4H3,(H,10,12)/t7-/m0/s1. The van der Waals surface area contributed by atoms with E-state index in [1.807, 2.05) is 13.8 Å². The summed E-state index contributed by atoms with van der Waals surface area (Å²) in [6.07, 6.45) is 0.101. The first-order valence-corrected chi connectivity index (χ1v) is 4.54. The molecule has 0 aromatic rings. The molecule has 0 unspecified atom stereocenters. The number of ether oxygens (including phenoxy) is 1. The highest BCUT2D eigenvalue weighted by Crippen LogP contribution is 2.02. The minimum Gasteiger partial charge on any atom is -0.377 e. The molecule has 78 valence electrons. The molecule has 0 aliphatic heterocycles. The molecule has 0 rings (SSSR count).